The molecule has 0 amide bonds. The Hall–Kier alpha value is -0.870. The van der Waals surface area contributed by atoms with Crippen molar-refractivity contribution in [1.29, 1.82) is 0 Å². The van der Waals surface area contributed by atoms with Crippen molar-refractivity contribution < 1.29 is 4.74 Å². The van der Waals surface area contributed by atoms with Crippen LogP contribution < -0.4 is 5.73 Å². The van der Waals surface area contributed by atoms with Crippen molar-refractivity contribution in [2.75, 3.05) is 13.2 Å². The standard InChI is InChI=1S/C13H23N3O/c1-10(2)13(14)12-7-15-9-16(12)5-6-17-8-11-3-4-11/h7,9-11,13H,3-6,8,14H2,1-2H3. The third kappa shape index (κ3) is 3.54. The van der Waals surface area contributed by atoms with Crippen LogP contribution in [0.15, 0.2) is 12.5 Å². The summed E-state index contributed by atoms with van der Waals surface area (Å²) in [4.78, 5) is 4.18. The molecule has 0 spiro atoms. The lowest BCUT2D eigenvalue weighted by molar-refractivity contribution is 0.116. The first-order valence-corrected chi connectivity index (χ1v) is 6.52. The van der Waals surface area contributed by atoms with E-state index in [1.54, 1.807) is 0 Å². The molecule has 2 rings (SSSR count). The molecule has 0 radical (unpaired) electrons. The van der Waals surface area contributed by atoms with Crippen molar-refractivity contribution in [2.24, 2.45) is 17.6 Å². The van der Waals surface area contributed by atoms with Gasteiger partial charge in [-0.1, -0.05) is 13.8 Å². The molecule has 1 fully saturated rings. The van der Waals surface area contributed by atoms with E-state index >= 15 is 0 Å². The van der Waals surface area contributed by atoms with E-state index in [0.29, 0.717) is 5.92 Å². The largest absolute Gasteiger partial charge is 0.379 e. The highest BCUT2D eigenvalue weighted by Crippen LogP contribution is 2.28. The molecular formula is C13H23N3O. The highest BCUT2D eigenvalue weighted by Gasteiger charge is 2.21. The fourth-order valence-electron chi connectivity index (χ4n) is 1.83. The fourth-order valence-corrected chi connectivity index (χ4v) is 1.83. The topological polar surface area (TPSA) is 53.1 Å². The van der Waals surface area contributed by atoms with Crippen LogP contribution in [-0.2, 0) is 11.3 Å². The van der Waals surface area contributed by atoms with Crippen LogP contribution in [0.25, 0.3) is 0 Å². The van der Waals surface area contributed by atoms with Gasteiger partial charge in [0.1, 0.15) is 0 Å². The number of nitrogens with two attached hydrogens (primary N) is 1. The number of imidazole rings is 1. The van der Waals surface area contributed by atoms with Crippen LogP contribution >= 0.6 is 0 Å². The Balaban J connectivity index is 1.80. The molecule has 0 bridgehead atoms. The summed E-state index contributed by atoms with van der Waals surface area (Å²) in [5.41, 5.74) is 7.25. The number of nitrogens with zero attached hydrogens (tertiary/aromatic N) is 2. The summed E-state index contributed by atoms with van der Waals surface area (Å²) >= 11 is 0. The van der Waals surface area contributed by atoms with Gasteiger partial charge in [0.2, 0.25) is 0 Å². The summed E-state index contributed by atoms with van der Waals surface area (Å²) < 4.78 is 7.75. The van der Waals surface area contributed by atoms with Crippen molar-refractivity contribution in [3.05, 3.63) is 18.2 Å². The van der Waals surface area contributed by atoms with E-state index in [9.17, 15) is 0 Å². The van der Waals surface area contributed by atoms with Gasteiger partial charge in [-0.25, -0.2) is 4.98 Å². The predicted molar refractivity (Wildman–Crippen MR) is 67.5 cm³/mol. The van der Waals surface area contributed by atoms with Gasteiger partial charge in [0.25, 0.3) is 0 Å². The summed E-state index contributed by atoms with van der Waals surface area (Å²) in [6, 6.07) is 0.0564. The maximum atomic E-state index is 6.14. The van der Waals surface area contributed by atoms with E-state index in [2.05, 4.69) is 23.4 Å². The summed E-state index contributed by atoms with van der Waals surface area (Å²) in [5, 5.41) is 0. The smallest absolute Gasteiger partial charge is 0.0949 e. The molecule has 4 nitrogen and oxygen atoms in total. The maximum Gasteiger partial charge on any atom is 0.0949 e. The average Bonchev–Trinajstić information content (AvgIpc) is 3.01. The number of aromatic nitrogens is 2. The summed E-state index contributed by atoms with van der Waals surface area (Å²) in [6.07, 6.45) is 6.40. The summed E-state index contributed by atoms with van der Waals surface area (Å²) in [6.45, 7) is 6.78. The molecule has 1 atom stereocenters. The van der Waals surface area contributed by atoms with E-state index in [0.717, 1.165) is 31.4 Å². The van der Waals surface area contributed by atoms with E-state index in [4.69, 9.17) is 10.5 Å². The normalized spacial score (nSPS) is 17.6. The molecule has 17 heavy (non-hydrogen) atoms. The Bertz CT molecular complexity index is 344. The first-order chi connectivity index (χ1) is 8.18. The molecule has 1 aliphatic carbocycles. The average molecular weight is 237 g/mol. The van der Waals surface area contributed by atoms with E-state index < -0.39 is 0 Å². The van der Waals surface area contributed by atoms with Crippen LogP contribution in [0.5, 0.6) is 0 Å². The van der Waals surface area contributed by atoms with Gasteiger partial charge >= 0.3 is 0 Å². The van der Waals surface area contributed by atoms with Crippen molar-refractivity contribution in [2.45, 2.75) is 39.3 Å². The van der Waals surface area contributed by atoms with Crippen molar-refractivity contribution >= 4 is 0 Å². The number of rotatable bonds is 7. The highest BCUT2D eigenvalue weighted by atomic mass is 16.5. The summed E-state index contributed by atoms with van der Waals surface area (Å²) in [5.74, 6) is 1.26. The van der Waals surface area contributed by atoms with E-state index in [1.807, 2.05) is 12.5 Å². The minimum atomic E-state index is 0.0564. The molecule has 0 aromatic carbocycles. The Morgan fingerprint density at radius 3 is 2.94 bits per heavy atom. The Morgan fingerprint density at radius 1 is 1.53 bits per heavy atom. The predicted octanol–water partition coefficient (Wildman–Crippen LogP) is 1.97. The minimum absolute atomic E-state index is 0.0564. The van der Waals surface area contributed by atoms with Gasteiger partial charge in [-0.15, -0.1) is 0 Å². The molecule has 4 heteroatoms. The molecule has 1 aliphatic rings. The second kappa shape index (κ2) is 5.65. The van der Waals surface area contributed by atoms with Crippen molar-refractivity contribution in [3.63, 3.8) is 0 Å². The Kier molecular flexibility index (Phi) is 4.18. The first kappa shape index (κ1) is 12.6. The SMILES string of the molecule is CC(C)C(N)c1cncn1CCOCC1CC1. The zero-order chi connectivity index (χ0) is 12.3. The molecule has 1 aromatic rings. The Morgan fingerprint density at radius 2 is 2.29 bits per heavy atom. The van der Waals surface area contributed by atoms with Crippen LogP contribution in [0, 0.1) is 11.8 Å². The molecule has 0 aliphatic heterocycles. The fraction of sp³-hybridized carbons (Fsp3) is 0.769. The third-order valence-corrected chi connectivity index (χ3v) is 3.33. The van der Waals surface area contributed by atoms with Crippen LogP contribution in [0.3, 0.4) is 0 Å². The molecule has 0 saturated heterocycles. The third-order valence-electron chi connectivity index (χ3n) is 3.33. The highest BCUT2D eigenvalue weighted by molar-refractivity contribution is 5.05. The van der Waals surface area contributed by atoms with Gasteiger partial charge in [0, 0.05) is 25.4 Å². The molecule has 96 valence electrons. The van der Waals surface area contributed by atoms with E-state index in [1.165, 1.54) is 12.8 Å². The van der Waals surface area contributed by atoms with Crippen LogP contribution in [0.4, 0.5) is 0 Å². The molecule has 1 aromatic heterocycles. The van der Waals surface area contributed by atoms with E-state index in [-0.39, 0.29) is 6.04 Å². The van der Waals surface area contributed by atoms with Gasteiger partial charge in [0.05, 0.1) is 18.6 Å². The van der Waals surface area contributed by atoms with Crippen molar-refractivity contribution in [3.8, 4) is 0 Å². The molecule has 1 heterocycles. The second-order valence-corrected chi connectivity index (χ2v) is 5.30. The van der Waals surface area contributed by atoms with Crippen LogP contribution in [0.2, 0.25) is 0 Å². The quantitative estimate of drug-likeness (QED) is 0.738. The van der Waals surface area contributed by atoms with Gasteiger partial charge in [-0.05, 0) is 24.7 Å². The lowest BCUT2D eigenvalue weighted by Gasteiger charge is -2.17. The van der Waals surface area contributed by atoms with Crippen LogP contribution in [-0.4, -0.2) is 22.8 Å². The van der Waals surface area contributed by atoms with Gasteiger partial charge < -0.3 is 15.0 Å². The zero-order valence-corrected chi connectivity index (χ0v) is 10.8. The lowest BCUT2D eigenvalue weighted by Crippen LogP contribution is -2.21. The van der Waals surface area contributed by atoms with Gasteiger partial charge in [-0.3, -0.25) is 0 Å². The lowest BCUT2D eigenvalue weighted by atomic mass is 10.0. The van der Waals surface area contributed by atoms with Crippen LogP contribution in [0.1, 0.15) is 38.4 Å². The number of ether oxygens (including phenoxy) is 1. The molecular weight excluding hydrogens is 214 g/mol. The molecule has 2 N–H and O–H groups in total. The second-order valence-electron chi connectivity index (χ2n) is 5.30. The van der Waals surface area contributed by atoms with Gasteiger partial charge in [-0.2, -0.15) is 0 Å². The Labute approximate surface area is 103 Å². The number of hydrogen-bond donors (Lipinski definition) is 1. The monoisotopic (exact) mass is 237 g/mol. The number of hydrogen-bond acceptors (Lipinski definition) is 3. The zero-order valence-electron chi connectivity index (χ0n) is 10.8. The molecule has 1 saturated carbocycles. The minimum Gasteiger partial charge on any atom is -0.379 e. The van der Waals surface area contributed by atoms with Gasteiger partial charge in [0.15, 0.2) is 0 Å². The summed E-state index contributed by atoms with van der Waals surface area (Å²) in [7, 11) is 0. The first-order valence-electron chi connectivity index (χ1n) is 6.52. The van der Waals surface area contributed by atoms with Crippen molar-refractivity contribution in [1.82, 2.24) is 9.55 Å². The molecule has 1 unspecified atom stereocenters. The maximum absolute atomic E-state index is 6.14.